The average Bonchev–Trinajstić information content (AvgIpc) is 1.80. The van der Waals surface area contributed by atoms with E-state index in [1.54, 1.807) is 0 Å². The minimum Gasteiger partial charge on any atom is -0.313 e. The van der Waals surface area contributed by atoms with Gasteiger partial charge in [0.05, 0.1) is 0 Å². The van der Waals surface area contributed by atoms with Crippen LogP contribution in [0.3, 0.4) is 0 Å². The Labute approximate surface area is 55.5 Å². The highest BCUT2D eigenvalue weighted by molar-refractivity contribution is 4.52. The molecule has 0 spiro atoms. The van der Waals surface area contributed by atoms with Crippen LogP contribution in [0.25, 0.3) is 0 Å². The van der Waals surface area contributed by atoms with E-state index in [0.29, 0.717) is 6.04 Å². The van der Waals surface area contributed by atoms with E-state index in [9.17, 15) is 0 Å². The number of nitrogens with one attached hydrogen (secondary N) is 3. The lowest BCUT2D eigenvalue weighted by Crippen LogP contribution is -2.29. The highest BCUT2D eigenvalue weighted by atomic mass is 15.4. The van der Waals surface area contributed by atoms with E-state index in [1.807, 2.05) is 0 Å². The van der Waals surface area contributed by atoms with E-state index >= 15 is 0 Å². The summed E-state index contributed by atoms with van der Waals surface area (Å²) in [6.45, 7) is 5.75. The Kier molecular flexibility index (Phi) is 5.11. The van der Waals surface area contributed by atoms with Crippen molar-refractivity contribution in [3.63, 3.8) is 0 Å². The monoisotopic (exact) mass is 130 g/mol. The lowest BCUT2D eigenvalue weighted by molar-refractivity contribution is 0.552. The molecule has 0 rings (SSSR count). The first-order valence-corrected chi connectivity index (χ1v) is 3.10. The van der Waals surface area contributed by atoms with E-state index in [4.69, 9.17) is 5.53 Å². The summed E-state index contributed by atoms with van der Waals surface area (Å²) in [7, 11) is 0. The van der Waals surface area contributed by atoms with Crippen LogP contribution >= 0.6 is 0 Å². The summed E-state index contributed by atoms with van der Waals surface area (Å²) in [5.74, 6) is 0. The summed E-state index contributed by atoms with van der Waals surface area (Å²) in [5, 5.41) is 6.17. The lowest BCUT2D eigenvalue weighted by atomic mass is 10.4. The summed E-state index contributed by atoms with van der Waals surface area (Å²) < 4.78 is 0. The fraction of sp³-hybridized carbons (Fsp3) is 1.00. The molecule has 0 aromatic rings. The van der Waals surface area contributed by atoms with Crippen molar-refractivity contribution in [3.8, 4) is 0 Å². The molecule has 0 radical (unpaired) electrons. The van der Waals surface area contributed by atoms with Crippen molar-refractivity contribution >= 4 is 0 Å². The first kappa shape index (κ1) is 8.36. The van der Waals surface area contributed by atoms with Crippen LogP contribution in [0.4, 0.5) is 0 Å². The van der Waals surface area contributed by atoms with Crippen molar-refractivity contribution in [2.45, 2.75) is 19.9 Å². The maximum Gasteiger partial charge on any atom is 0.0471 e. The topological polar surface area (TPSA) is 60.3 Å². The van der Waals surface area contributed by atoms with Crippen LogP contribution in [0, 0.1) is 5.53 Å². The quantitative estimate of drug-likeness (QED) is 0.288. The van der Waals surface area contributed by atoms with Gasteiger partial charge in [0, 0.05) is 19.1 Å². The van der Waals surface area contributed by atoms with Crippen molar-refractivity contribution in [2.75, 3.05) is 13.1 Å². The van der Waals surface area contributed by atoms with E-state index in [-0.39, 0.29) is 0 Å². The molecular weight excluding hydrogens is 116 g/mol. The fourth-order valence-electron chi connectivity index (χ4n) is 0.473. The first-order valence-electron chi connectivity index (χ1n) is 3.10. The molecule has 0 fully saturated rings. The minimum absolute atomic E-state index is 0.512. The van der Waals surface area contributed by atoms with Gasteiger partial charge in [0.2, 0.25) is 0 Å². The zero-order valence-corrected chi connectivity index (χ0v) is 5.94. The van der Waals surface area contributed by atoms with Crippen LogP contribution in [0.5, 0.6) is 0 Å². The maximum absolute atomic E-state index is 6.37. The molecule has 0 saturated carbocycles. The zero-order valence-electron chi connectivity index (χ0n) is 5.94. The second kappa shape index (κ2) is 5.50. The molecule has 0 heterocycles. The Morgan fingerprint density at radius 3 is 2.56 bits per heavy atom. The van der Waals surface area contributed by atoms with Crippen molar-refractivity contribution in [1.82, 2.24) is 10.7 Å². The second-order valence-electron chi connectivity index (χ2n) is 2.13. The molecule has 4 heteroatoms. The van der Waals surface area contributed by atoms with Gasteiger partial charge < -0.3 is 5.32 Å². The average molecular weight is 130 g/mol. The molecule has 0 aromatic heterocycles. The van der Waals surface area contributed by atoms with Crippen molar-refractivity contribution in [2.24, 2.45) is 5.22 Å². The van der Waals surface area contributed by atoms with Gasteiger partial charge in [0.1, 0.15) is 0 Å². The van der Waals surface area contributed by atoms with Crippen molar-refractivity contribution in [1.29, 1.82) is 5.53 Å². The molecule has 0 aliphatic heterocycles. The van der Waals surface area contributed by atoms with E-state index in [0.717, 1.165) is 13.1 Å². The van der Waals surface area contributed by atoms with E-state index in [1.165, 1.54) is 0 Å². The van der Waals surface area contributed by atoms with Gasteiger partial charge >= 0.3 is 0 Å². The summed E-state index contributed by atoms with van der Waals surface area (Å²) in [5.41, 5.74) is 8.91. The Bertz CT molecular complexity index is 71.4. The number of nitrogens with zero attached hydrogens (tertiary/aromatic N) is 1. The van der Waals surface area contributed by atoms with Crippen LogP contribution in [0.2, 0.25) is 0 Å². The molecule has 0 saturated heterocycles. The molecule has 9 heavy (non-hydrogen) atoms. The highest BCUT2D eigenvalue weighted by Gasteiger charge is 1.88. The zero-order chi connectivity index (χ0) is 7.11. The van der Waals surface area contributed by atoms with Gasteiger partial charge in [0.25, 0.3) is 0 Å². The van der Waals surface area contributed by atoms with Gasteiger partial charge in [-0.05, 0) is 0 Å². The fourth-order valence-corrected chi connectivity index (χ4v) is 0.473. The molecule has 0 bridgehead atoms. The maximum atomic E-state index is 6.37. The standard InChI is InChI=1S/C5H14N4/c1-5(2)7-3-4-8-9-6/h5,7H,3-4H2,1-2H3,(H2,6,8). The van der Waals surface area contributed by atoms with E-state index in [2.05, 4.69) is 29.8 Å². The Hall–Kier alpha value is -0.640. The van der Waals surface area contributed by atoms with E-state index < -0.39 is 0 Å². The van der Waals surface area contributed by atoms with Crippen LogP contribution in [-0.2, 0) is 0 Å². The van der Waals surface area contributed by atoms with Gasteiger partial charge in [-0.3, -0.25) is 5.43 Å². The van der Waals surface area contributed by atoms with Crippen LogP contribution in [0.1, 0.15) is 13.8 Å². The summed E-state index contributed by atoms with van der Waals surface area (Å²) >= 11 is 0. The van der Waals surface area contributed by atoms with Crippen molar-refractivity contribution < 1.29 is 0 Å². The van der Waals surface area contributed by atoms with Crippen molar-refractivity contribution in [3.05, 3.63) is 0 Å². The molecule has 0 aliphatic rings. The van der Waals surface area contributed by atoms with Gasteiger partial charge in [0.15, 0.2) is 0 Å². The van der Waals surface area contributed by atoms with Crippen LogP contribution in [-0.4, -0.2) is 19.1 Å². The third kappa shape index (κ3) is 7.36. The molecule has 0 amide bonds. The third-order valence-electron chi connectivity index (χ3n) is 0.868. The summed E-state index contributed by atoms with van der Waals surface area (Å²) in [4.78, 5) is 0. The van der Waals surface area contributed by atoms with Gasteiger partial charge in [-0.2, -0.15) is 5.53 Å². The third-order valence-corrected chi connectivity index (χ3v) is 0.868. The van der Waals surface area contributed by atoms with Gasteiger partial charge in [-0.25, -0.2) is 0 Å². The SMILES string of the molecule is CC(C)NCCNN=N. The summed E-state index contributed by atoms with van der Waals surface area (Å²) in [6.07, 6.45) is 0. The predicted octanol–water partition coefficient (Wildman–Crippen LogP) is 0.520. The minimum atomic E-state index is 0.512. The predicted molar refractivity (Wildman–Crippen MR) is 36.3 cm³/mol. The van der Waals surface area contributed by atoms with Crippen LogP contribution < -0.4 is 10.7 Å². The Morgan fingerprint density at radius 2 is 2.11 bits per heavy atom. The lowest BCUT2D eigenvalue weighted by Gasteiger charge is -2.05. The second-order valence-corrected chi connectivity index (χ2v) is 2.13. The Balaban J connectivity index is 2.82. The largest absolute Gasteiger partial charge is 0.313 e. The summed E-state index contributed by atoms with van der Waals surface area (Å²) in [6, 6.07) is 0.512. The number of hydrogen-bond acceptors (Lipinski definition) is 3. The highest BCUT2D eigenvalue weighted by Crippen LogP contribution is 1.72. The first-order chi connectivity index (χ1) is 4.27. The molecule has 0 aliphatic carbocycles. The normalized spacial score (nSPS) is 9.67. The number of rotatable bonds is 5. The smallest absolute Gasteiger partial charge is 0.0471 e. The molecule has 0 atom stereocenters. The van der Waals surface area contributed by atoms with Gasteiger partial charge in [-0.1, -0.05) is 19.1 Å². The molecular formula is C5H14N4. The molecule has 0 aromatic carbocycles. The van der Waals surface area contributed by atoms with Crippen LogP contribution in [0.15, 0.2) is 5.22 Å². The molecule has 4 nitrogen and oxygen atoms in total. The molecule has 54 valence electrons. The molecule has 0 unspecified atom stereocenters. The molecule has 3 N–H and O–H groups in total. The van der Waals surface area contributed by atoms with Gasteiger partial charge in [-0.15, -0.1) is 0 Å². The Morgan fingerprint density at radius 1 is 1.44 bits per heavy atom. The number of hydrogen-bond donors (Lipinski definition) is 3.